The first-order chi connectivity index (χ1) is 6.19. The van der Waals surface area contributed by atoms with Crippen molar-refractivity contribution in [3.8, 4) is 5.75 Å². The normalized spacial score (nSPS) is 9.69. The SMILES string of the molecule is COc1ccc([N+](=O)[O-])c([CH]O)c1. The summed E-state index contributed by atoms with van der Waals surface area (Å²) in [5.74, 6) is 0.464. The van der Waals surface area contributed by atoms with Crippen LogP contribution in [0.25, 0.3) is 0 Å². The van der Waals surface area contributed by atoms with Gasteiger partial charge >= 0.3 is 0 Å². The first kappa shape index (κ1) is 9.47. The van der Waals surface area contributed by atoms with Gasteiger partial charge in [-0.15, -0.1) is 0 Å². The number of nitro benzene ring substituents is 1. The van der Waals surface area contributed by atoms with Crippen LogP contribution in [0.4, 0.5) is 5.69 Å². The lowest BCUT2D eigenvalue weighted by atomic mass is 10.2. The number of aliphatic hydroxyl groups is 1. The van der Waals surface area contributed by atoms with E-state index in [1.807, 2.05) is 0 Å². The van der Waals surface area contributed by atoms with Crippen LogP contribution in [-0.4, -0.2) is 17.1 Å². The van der Waals surface area contributed by atoms with Crippen molar-refractivity contribution in [3.63, 3.8) is 0 Å². The van der Waals surface area contributed by atoms with Crippen LogP contribution >= 0.6 is 0 Å². The Hall–Kier alpha value is -1.62. The number of benzene rings is 1. The molecule has 0 unspecified atom stereocenters. The molecule has 1 N–H and O–H groups in total. The summed E-state index contributed by atoms with van der Waals surface area (Å²) in [5.41, 5.74) is -0.0207. The van der Waals surface area contributed by atoms with E-state index < -0.39 is 4.92 Å². The van der Waals surface area contributed by atoms with Crippen LogP contribution in [-0.2, 0) is 0 Å². The molecule has 0 aliphatic carbocycles. The van der Waals surface area contributed by atoms with Gasteiger partial charge in [-0.3, -0.25) is 10.1 Å². The van der Waals surface area contributed by atoms with Crippen molar-refractivity contribution in [3.05, 3.63) is 40.5 Å². The first-order valence-electron chi connectivity index (χ1n) is 3.49. The molecular formula is C8H8NO4. The summed E-state index contributed by atoms with van der Waals surface area (Å²) in [6.45, 7) is 0.681. The summed E-state index contributed by atoms with van der Waals surface area (Å²) in [7, 11) is 1.45. The van der Waals surface area contributed by atoms with Crippen LogP contribution in [0.5, 0.6) is 5.75 Å². The number of hydrogen-bond donors (Lipinski definition) is 1. The summed E-state index contributed by atoms with van der Waals surface area (Å²) in [6, 6.07) is 4.13. The largest absolute Gasteiger partial charge is 0.497 e. The number of ether oxygens (including phenoxy) is 1. The Kier molecular flexibility index (Phi) is 2.81. The van der Waals surface area contributed by atoms with E-state index in [1.165, 1.54) is 25.3 Å². The average molecular weight is 182 g/mol. The van der Waals surface area contributed by atoms with E-state index >= 15 is 0 Å². The predicted molar refractivity (Wildman–Crippen MR) is 45.0 cm³/mol. The van der Waals surface area contributed by atoms with Crippen molar-refractivity contribution >= 4 is 5.69 Å². The van der Waals surface area contributed by atoms with Gasteiger partial charge in [-0.05, 0) is 12.1 Å². The van der Waals surface area contributed by atoms with Crippen LogP contribution in [0.15, 0.2) is 18.2 Å². The summed E-state index contributed by atoms with van der Waals surface area (Å²) in [5, 5.41) is 19.1. The number of aliphatic hydroxyl groups excluding tert-OH is 1. The molecule has 5 heteroatoms. The Morgan fingerprint density at radius 2 is 2.31 bits per heavy atom. The minimum absolute atomic E-state index is 0.129. The van der Waals surface area contributed by atoms with E-state index in [2.05, 4.69) is 0 Å². The zero-order valence-corrected chi connectivity index (χ0v) is 6.93. The minimum atomic E-state index is -0.568. The van der Waals surface area contributed by atoms with Gasteiger partial charge in [-0.25, -0.2) is 0 Å². The Bertz CT molecular complexity index is 324. The molecule has 1 aromatic carbocycles. The predicted octanol–water partition coefficient (Wildman–Crippen LogP) is 1.49. The molecule has 0 amide bonds. The molecule has 0 atom stereocenters. The van der Waals surface area contributed by atoms with Crippen molar-refractivity contribution < 1.29 is 14.8 Å². The number of methoxy groups -OCH3 is 1. The molecule has 0 bridgehead atoms. The highest BCUT2D eigenvalue weighted by Crippen LogP contribution is 2.24. The first-order valence-corrected chi connectivity index (χ1v) is 3.49. The maximum Gasteiger partial charge on any atom is 0.275 e. The summed E-state index contributed by atoms with van der Waals surface area (Å²) in [4.78, 5) is 9.85. The highest BCUT2D eigenvalue weighted by atomic mass is 16.6. The molecule has 1 radical (unpaired) electrons. The molecule has 1 aromatic rings. The monoisotopic (exact) mass is 182 g/mol. The molecule has 0 aliphatic heterocycles. The van der Waals surface area contributed by atoms with E-state index in [0.717, 1.165) is 0 Å². The van der Waals surface area contributed by atoms with Crippen LogP contribution in [0.1, 0.15) is 5.56 Å². The third kappa shape index (κ3) is 1.94. The van der Waals surface area contributed by atoms with Gasteiger partial charge in [0.2, 0.25) is 0 Å². The maximum atomic E-state index is 10.4. The van der Waals surface area contributed by atoms with Gasteiger partial charge in [0.05, 0.1) is 17.6 Å². The van der Waals surface area contributed by atoms with Crippen molar-refractivity contribution in [2.45, 2.75) is 0 Å². The fourth-order valence-electron chi connectivity index (χ4n) is 0.929. The fourth-order valence-corrected chi connectivity index (χ4v) is 0.929. The minimum Gasteiger partial charge on any atom is -0.497 e. The van der Waals surface area contributed by atoms with Gasteiger partial charge in [0.25, 0.3) is 5.69 Å². The molecule has 0 spiro atoms. The number of nitro groups is 1. The molecular weight excluding hydrogens is 174 g/mol. The highest BCUT2D eigenvalue weighted by Gasteiger charge is 2.13. The average Bonchev–Trinajstić information content (AvgIpc) is 2.16. The van der Waals surface area contributed by atoms with E-state index in [4.69, 9.17) is 9.84 Å². The fraction of sp³-hybridized carbons (Fsp3) is 0.125. The van der Waals surface area contributed by atoms with Crippen LogP contribution < -0.4 is 4.74 Å². The molecule has 0 fully saturated rings. The van der Waals surface area contributed by atoms with E-state index in [9.17, 15) is 10.1 Å². The Labute approximate surface area is 74.7 Å². The van der Waals surface area contributed by atoms with Crippen molar-refractivity contribution in [2.24, 2.45) is 0 Å². The Morgan fingerprint density at radius 3 is 2.77 bits per heavy atom. The van der Waals surface area contributed by atoms with Crippen LogP contribution in [0.2, 0.25) is 0 Å². The van der Waals surface area contributed by atoms with Gasteiger partial charge in [0.1, 0.15) is 12.4 Å². The van der Waals surface area contributed by atoms with Gasteiger partial charge < -0.3 is 9.84 Å². The second kappa shape index (κ2) is 3.86. The highest BCUT2D eigenvalue weighted by molar-refractivity contribution is 5.47. The van der Waals surface area contributed by atoms with E-state index in [-0.39, 0.29) is 11.3 Å². The molecule has 0 aromatic heterocycles. The summed E-state index contributed by atoms with van der Waals surface area (Å²) >= 11 is 0. The van der Waals surface area contributed by atoms with Crippen molar-refractivity contribution in [2.75, 3.05) is 7.11 Å². The van der Waals surface area contributed by atoms with Crippen LogP contribution in [0.3, 0.4) is 0 Å². The lowest BCUT2D eigenvalue weighted by Gasteiger charge is -2.02. The molecule has 1 rings (SSSR count). The summed E-state index contributed by atoms with van der Waals surface area (Å²) < 4.78 is 4.84. The van der Waals surface area contributed by atoms with Gasteiger partial charge in [0, 0.05) is 6.07 Å². The molecule has 0 heterocycles. The summed E-state index contributed by atoms with van der Waals surface area (Å²) in [6.07, 6.45) is 0. The standard InChI is InChI=1S/C8H8NO4/c1-13-7-2-3-8(9(11)12)6(4-7)5-10/h2-5,10H,1H3. The van der Waals surface area contributed by atoms with Gasteiger partial charge in [-0.2, -0.15) is 0 Å². The van der Waals surface area contributed by atoms with Crippen molar-refractivity contribution in [1.29, 1.82) is 0 Å². The topological polar surface area (TPSA) is 72.6 Å². The Morgan fingerprint density at radius 1 is 1.62 bits per heavy atom. The zero-order valence-electron chi connectivity index (χ0n) is 6.93. The maximum absolute atomic E-state index is 10.4. The van der Waals surface area contributed by atoms with Crippen molar-refractivity contribution in [1.82, 2.24) is 0 Å². The number of hydrogen-bond acceptors (Lipinski definition) is 4. The lowest BCUT2D eigenvalue weighted by Crippen LogP contribution is -1.94. The third-order valence-corrected chi connectivity index (χ3v) is 1.57. The smallest absolute Gasteiger partial charge is 0.275 e. The molecule has 5 nitrogen and oxygen atoms in total. The van der Waals surface area contributed by atoms with E-state index in [0.29, 0.717) is 12.4 Å². The third-order valence-electron chi connectivity index (χ3n) is 1.57. The lowest BCUT2D eigenvalue weighted by molar-refractivity contribution is -0.385. The second-order valence-electron chi connectivity index (χ2n) is 2.31. The molecule has 0 saturated heterocycles. The molecule has 69 valence electrons. The van der Waals surface area contributed by atoms with E-state index in [1.54, 1.807) is 0 Å². The molecule has 0 aliphatic rings. The quantitative estimate of drug-likeness (QED) is 0.567. The second-order valence-corrected chi connectivity index (χ2v) is 2.31. The van der Waals surface area contributed by atoms with Crippen LogP contribution in [0, 0.1) is 16.7 Å². The van der Waals surface area contributed by atoms with Gasteiger partial charge in [-0.1, -0.05) is 0 Å². The molecule has 0 saturated carbocycles. The Balaban J connectivity index is 3.15. The number of rotatable bonds is 3. The van der Waals surface area contributed by atoms with Gasteiger partial charge in [0.15, 0.2) is 0 Å². The molecule has 13 heavy (non-hydrogen) atoms. The zero-order chi connectivity index (χ0) is 9.84. The number of nitrogens with zero attached hydrogens (tertiary/aromatic N) is 1.